The number of rotatable bonds is 3. The average molecular weight is 271 g/mol. The molecule has 0 aromatic heterocycles. The van der Waals surface area contributed by atoms with E-state index in [1.54, 1.807) is 12.1 Å². The largest absolute Gasteiger partial charge is 0.465 e. The number of esters is 1. The zero-order chi connectivity index (χ0) is 12.3. The second-order valence-electron chi connectivity index (χ2n) is 4.47. The molecule has 0 aliphatic carbocycles. The summed E-state index contributed by atoms with van der Waals surface area (Å²) < 4.78 is 4.66. The third-order valence-corrected chi connectivity index (χ3v) is 3.09. The fourth-order valence-electron chi connectivity index (χ4n) is 2.13. The van der Waals surface area contributed by atoms with Crippen LogP contribution in [-0.4, -0.2) is 37.1 Å². The zero-order valence-electron chi connectivity index (χ0n) is 10.5. The molecule has 1 heterocycles. The van der Waals surface area contributed by atoms with Gasteiger partial charge in [0, 0.05) is 25.7 Å². The Labute approximate surface area is 114 Å². The fourth-order valence-corrected chi connectivity index (χ4v) is 2.13. The Morgan fingerprint density at radius 1 is 1.44 bits per heavy atom. The second-order valence-corrected chi connectivity index (χ2v) is 4.47. The van der Waals surface area contributed by atoms with Crippen LogP contribution in [0.2, 0.25) is 0 Å². The molecule has 2 N–H and O–H groups in total. The van der Waals surface area contributed by atoms with Crippen LogP contribution in [0, 0.1) is 0 Å². The molecule has 0 saturated carbocycles. The molecule has 1 saturated heterocycles. The highest BCUT2D eigenvalue weighted by molar-refractivity contribution is 5.89. The maximum Gasteiger partial charge on any atom is 0.337 e. The standard InChI is InChI=1S/C13H18N2O2.ClH/c1-17-13(16)11-4-2-10(3-5-11)8-15-7-6-12(14)9-15;/h2-5,12H,6-9,14H2,1H3;1H/t12-;/m1./s1. The molecule has 2 rings (SSSR count). The van der Waals surface area contributed by atoms with E-state index >= 15 is 0 Å². The summed E-state index contributed by atoms with van der Waals surface area (Å²) in [6.45, 7) is 2.91. The van der Waals surface area contributed by atoms with Gasteiger partial charge in [-0.15, -0.1) is 12.4 Å². The predicted molar refractivity (Wildman–Crippen MR) is 72.9 cm³/mol. The minimum Gasteiger partial charge on any atom is -0.465 e. The molecule has 0 unspecified atom stereocenters. The summed E-state index contributed by atoms with van der Waals surface area (Å²) in [5.74, 6) is -0.292. The molecular weight excluding hydrogens is 252 g/mol. The minimum atomic E-state index is -0.292. The van der Waals surface area contributed by atoms with E-state index in [1.165, 1.54) is 12.7 Å². The van der Waals surface area contributed by atoms with Crippen molar-refractivity contribution in [1.82, 2.24) is 4.90 Å². The van der Waals surface area contributed by atoms with Gasteiger partial charge in [0.05, 0.1) is 12.7 Å². The number of halogens is 1. The smallest absolute Gasteiger partial charge is 0.337 e. The predicted octanol–water partition coefficient (Wildman–Crippen LogP) is 1.43. The number of carbonyl (C=O) groups is 1. The molecule has 1 aliphatic heterocycles. The van der Waals surface area contributed by atoms with E-state index in [-0.39, 0.29) is 18.4 Å². The van der Waals surface area contributed by atoms with E-state index in [2.05, 4.69) is 9.64 Å². The highest BCUT2D eigenvalue weighted by Gasteiger charge is 2.18. The van der Waals surface area contributed by atoms with Gasteiger partial charge < -0.3 is 10.5 Å². The van der Waals surface area contributed by atoms with Crippen LogP contribution in [0.4, 0.5) is 0 Å². The molecule has 1 fully saturated rings. The van der Waals surface area contributed by atoms with Crippen LogP contribution in [0.15, 0.2) is 24.3 Å². The number of nitrogens with two attached hydrogens (primary N) is 1. The Morgan fingerprint density at radius 2 is 2.11 bits per heavy atom. The third-order valence-electron chi connectivity index (χ3n) is 3.09. The number of methoxy groups -OCH3 is 1. The van der Waals surface area contributed by atoms with Gasteiger partial charge >= 0.3 is 5.97 Å². The van der Waals surface area contributed by atoms with Crippen LogP contribution in [0.25, 0.3) is 0 Å². The van der Waals surface area contributed by atoms with Crippen LogP contribution in [0.1, 0.15) is 22.3 Å². The van der Waals surface area contributed by atoms with Crippen LogP contribution in [0.3, 0.4) is 0 Å². The number of ether oxygens (including phenoxy) is 1. The first-order valence-electron chi connectivity index (χ1n) is 5.84. The summed E-state index contributed by atoms with van der Waals surface area (Å²) >= 11 is 0. The number of hydrogen-bond acceptors (Lipinski definition) is 4. The molecule has 1 aliphatic rings. The van der Waals surface area contributed by atoms with Crippen molar-refractivity contribution in [2.75, 3.05) is 20.2 Å². The van der Waals surface area contributed by atoms with Crippen LogP contribution in [0.5, 0.6) is 0 Å². The van der Waals surface area contributed by atoms with Crippen LogP contribution in [-0.2, 0) is 11.3 Å². The van der Waals surface area contributed by atoms with Gasteiger partial charge in [-0.25, -0.2) is 4.79 Å². The number of nitrogens with zero attached hydrogens (tertiary/aromatic N) is 1. The molecule has 0 spiro atoms. The van der Waals surface area contributed by atoms with Crippen molar-refractivity contribution in [1.29, 1.82) is 0 Å². The van der Waals surface area contributed by atoms with Crippen molar-refractivity contribution in [3.63, 3.8) is 0 Å². The molecular formula is C13H19ClN2O2. The van der Waals surface area contributed by atoms with Gasteiger partial charge in [0.1, 0.15) is 0 Å². The normalized spacial score (nSPS) is 19.3. The van der Waals surface area contributed by atoms with Gasteiger partial charge in [-0.2, -0.15) is 0 Å². The van der Waals surface area contributed by atoms with E-state index in [0.29, 0.717) is 11.6 Å². The SMILES string of the molecule is COC(=O)c1ccc(CN2CC[C@@H](N)C2)cc1.Cl. The zero-order valence-corrected chi connectivity index (χ0v) is 11.3. The molecule has 5 heteroatoms. The molecule has 100 valence electrons. The Morgan fingerprint density at radius 3 is 2.61 bits per heavy atom. The summed E-state index contributed by atoms with van der Waals surface area (Å²) in [7, 11) is 1.39. The van der Waals surface area contributed by atoms with Crippen molar-refractivity contribution < 1.29 is 9.53 Å². The summed E-state index contributed by atoms with van der Waals surface area (Å²) in [6, 6.07) is 7.85. The van der Waals surface area contributed by atoms with Crippen molar-refractivity contribution >= 4 is 18.4 Å². The second kappa shape index (κ2) is 6.73. The summed E-state index contributed by atoms with van der Waals surface area (Å²) in [4.78, 5) is 13.6. The van der Waals surface area contributed by atoms with E-state index < -0.39 is 0 Å². The Hall–Kier alpha value is -1.10. The molecule has 0 bridgehead atoms. The Balaban J connectivity index is 0.00000162. The summed E-state index contributed by atoms with van der Waals surface area (Å²) in [6.07, 6.45) is 1.07. The molecule has 4 nitrogen and oxygen atoms in total. The molecule has 0 amide bonds. The number of carbonyl (C=O) groups excluding carboxylic acids is 1. The fraction of sp³-hybridized carbons (Fsp3) is 0.462. The average Bonchev–Trinajstić information content (AvgIpc) is 2.75. The lowest BCUT2D eigenvalue weighted by molar-refractivity contribution is 0.0600. The lowest BCUT2D eigenvalue weighted by Gasteiger charge is -2.15. The Kier molecular flexibility index (Phi) is 5.59. The molecule has 0 radical (unpaired) electrons. The summed E-state index contributed by atoms with van der Waals surface area (Å²) in [5.41, 5.74) is 7.65. The molecule has 1 aromatic carbocycles. The minimum absolute atomic E-state index is 0. The summed E-state index contributed by atoms with van der Waals surface area (Å²) in [5, 5.41) is 0. The van der Waals surface area contributed by atoms with Crippen LogP contribution >= 0.6 is 12.4 Å². The number of likely N-dealkylation sites (tertiary alicyclic amines) is 1. The van der Waals surface area contributed by atoms with Crippen molar-refractivity contribution in [2.45, 2.75) is 19.0 Å². The Bertz CT molecular complexity index is 394. The monoisotopic (exact) mass is 270 g/mol. The van der Waals surface area contributed by atoms with Crippen molar-refractivity contribution in [3.8, 4) is 0 Å². The maximum absolute atomic E-state index is 11.3. The first-order valence-corrected chi connectivity index (χ1v) is 5.84. The molecule has 1 aromatic rings. The van der Waals surface area contributed by atoms with E-state index in [9.17, 15) is 4.79 Å². The third kappa shape index (κ3) is 3.70. The van der Waals surface area contributed by atoms with Gasteiger partial charge in [-0.1, -0.05) is 12.1 Å². The van der Waals surface area contributed by atoms with Crippen molar-refractivity contribution in [3.05, 3.63) is 35.4 Å². The topological polar surface area (TPSA) is 55.6 Å². The van der Waals surface area contributed by atoms with Crippen molar-refractivity contribution in [2.24, 2.45) is 5.73 Å². The van der Waals surface area contributed by atoms with Gasteiger partial charge in [0.2, 0.25) is 0 Å². The number of hydrogen-bond donors (Lipinski definition) is 1. The molecule has 1 atom stereocenters. The highest BCUT2D eigenvalue weighted by atomic mass is 35.5. The lowest BCUT2D eigenvalue weighted by Crippen LogP contribution is -2.26. The van der Waals surface area contributed by atoms with Gasteiger partial charge in [-0.3, -0.25) is 4.90 Å². The molecule has 18 heavy (non-hydrogen) atoms. The van der Waals surface area contributed by atoms with Gasteiger partial charge in [0.15, 0.2) is 0 Å². The first-order chi connectivity index (χ1) is 8.19. The first kappa shape index (κ1) is 15.0. The highest BCUT2D eigenvalue weighted by Crippen LogP contribution is 2.13. The number of benzene rings is 1. The van der Waals surface area contributed by atoms with Gasteiger partial charge in [-0.05, 0) is 24.1 Å². The van der Waals surface area contributed by atoms with E-state index in [1.807, 2.05) is 12.1 Å². The van der Waals surface area contributed by atoms with E-state index in [0.717, 1.165) is 26.1 Å². The lowest BCUT2D eigenvalue weighted by atomic mass is 10.1. The van der Waals surface area contributed by atoms with Gasteiger partial charge in [0.25, 0.3) is 0 Å². The maximum atomic E-state index is 11.3. The van der Waals surface area contributed by atoms with Crippen LogP contribution < -0.4 is 5.73 Å². The van der Waals surface area contributed by atoms with E-state index in [4.69, 9.17) is 5.73 Å². The quantitative estimate of drug-likeness (QED) is 0.845.